The van der Waals surface area contributed by atoms with Gasteiger partial charge in [0.05, 0.1) is 5.56 Å². The van der Waals surface area contributed by atoms with Crippen molar-refractivity contribution in [3.8, 4) is 5.75 Å². The Hall–Kier alpha value is -0.480. The lowest BCUT2D eigenvalue weighted by molar-refractivity contribution is 0.101. The van der Waals surface area contributed by atoms with Gasteiger partial charge in [0.2, 0.25) is 0 Å². The van der Waals surface area contributed by atoms with Crippen molar-refractivity contribution in [2.24, 2.45) is 0 Å². The number of benzene rings is 1. The Labute approximate surface area is 121 Å². The minimum absolute atomic E-state index is 0.0816. The number of phenolic OH excluding ortho intramolecular Hbond substituents is 1. The first-order valence-electron chi connectivity index (χ1n) is 6.16. The molecule has 100 valence electrons. The van der Waals surface area contributed by atoms with Crippen LogP contribution in [0.1, 0.15) is 42.6 Å². The van der Waals surface area contributed by atoms with E-state index in [0.717, 1.165) is 40.8 Å². The highest BCUT2D eigenvalue weighted by Gasteiger charge is 2.14. The van der Waals surface area contributed by atoms with Crippen LogP contribution in [0.15, 0.2) is 17.0 Å². The molecular weight excluding hydrogens is 312 g/mol. The van der Waals surface area contributed by atoms with Crippen LogP contribution in [0.25, 0.3) is 0 Å². The second kappa shape index (κ2) is 7.85. The fraction of sp³-hybridized carbons (Fsp3) is 0.500. The number of halogens is 1. The van der Waals surface area contributed by atoms with E-state index in [1.807, 2.05) is 6.07 Å². The lowest BCUT2D eigenvalue weighted by Gasteiger charge is -2.13. The van der Waals surface area contributed by atoms with Crippen LogP contribution in [-0.2, 0) is 6.42 Å². The lowest BCUT2D eigenvalue weighted by Crippen LogP contribution is -1.98. The van der Waals surface area contributed by atoms with Gasteiger partial charge in [-0.15, -0.1) is 11.8 Å². The smallest absolute Gasteiger partial charge is 0.163 e. The zero-order valence-corrected chi connectivity index (χ0v) is 13.2. The number of hydrogen-bond donors (Lipinski definition) is 1. The molecule has 0 aliphatic rings. The third-order valence-electron chi connectivity index (χ3n) is 2.65. The molecule has 0 atom stereocenters. The summed E-state index contributed by atoms with van der Waals surface area (Å²) in [6, 6.07) is 3.69. The van der Waals surface area contributed by atoms with Crippen LogP contribution < -0.4 is 0 Å². The summed E-state index contributed by atoms with van der Waals surface area (Å²) in [5, 5.41) is 11.2. The van der Waals surface area contributed by atoms with E-state index in [1.165, 1.54) is 6.92 Å². The molecular formula is C14H19BrO2S. The van der Waals surface area contributed by atoms with E-state index in [9.17, 15) is 9.90 Å². The van der Waals surface area contributed by atoms with Crippen molar-refractivity contribution in [2.45, 2.75) is 38.0 Å². The number of rotatable bonds is 7. The van der Waals surface area contributed by atoms with E-state index in [1.54, 1.807) is 17.8 Å². The van der Waals surface area contributed by atoms with Gasteiger partial charge >= 0.3 is 0 Å². The molecule has 0 heterocycles. The fourth-order valence-corrected chi connectivity index (χ4v) is 3.46. The van der Waals surface area contributed by atoms with Crippen LogP contribution in [0, 0.1) is 0 Å². The van der Waals surface area contributed by atoms with Crippen LogP contribution in [0.2, 0.25) is 0 Å². The summed E-state index contributed by atoms with van der Waals surface area (Å²) in [4.78, 5) is 12.5. The van der Waals surface area contributed by atoms with Gasteiger partial charge in [-0.2, -0.15) is 0 Å². The Morgan fingerprint density at radius 2 is 2.17 bits per heavy atom. The summed E-state index contributed by atoms with van der Waals surface area (Å²) in [5.41, 5.74) is 1.35. The molecule has 1 aromatic carbocycles. The summed E-state index contributed by atoms with van der Waals surface area (Å²) in [7, 11) is 0. The first-order chi connectivity index (χ1) is 8.61. The molecule has 0 amide bonds. The molecule has 0 unspecified atom stereocenters. The van der Waals surface area contributed by atoms with Crippen LogP contribution >= 0.6 is 27.7 Å². The zero-order valence-electron chi connectivity index (χ0n) is 10.8. The molecule has 0 aliphatic carbocycles. The molecule has 0 radical (unpaired) electrons. The quantitative estimate of drug-likeness (QED) is 0.348. The molecule has 0 fully saturated rings. The van der Waals surface area contributed by atoms with Crippen molar-refractivity contribution in [3.05, 3.63) is 23.3 Å². The molecule has 0 bridgehead atoms. The Balaban J connectivity index is 3.02. The number of hydrogen-bond acceptors (Lipinski definition) is 3. The topological polar surface area (TPSA) is 37.3 Å². The van der Waals surface area contributed by atoms with E-state index < -0.39 is 0 Å². The average molecular weight is 331 g/mol. The Morgan fingerprint density at radius 1 is 1.44 bits per heavy atom. The van der Waals surface area contributed by atoms with Crippen molar-refractivity contribution >= 4 is 33.5 Å². The van der Waals surface area contributed by atoms with Crippen LogP contribution in [0.4, 0.5) is 0 Å². The molecule has 0 saturated carbocycles. The third kappa shape index (κ3) is 4.02. The molecule has 0 spiro atoms. The number of ketones is 1. The van der Waals surface area contributed by atoms with Crippen molar-refractivity contribution in [2.75, 3.05) is 11.1 Å². The van der Waals surface area contributed by atoms with Gasteiger partial charge in [0, 0.05) is 15.8 Å². The van der Waals surface area contributed by atoms with E-state index in [0.29, 0.717) is 5.56 Å². The van der Waals surface area contributed by atoms with E-state index in [-0.39, 0.29) is 11.5 Å². The van der Waals surface area contributed by atoms with Crippen LogP contribution in [0.3, 0.4) is 0 Å². The lowest BCUT2D eigenvalue weighted by atomic mass is 10.0. The molecule has 1 rings (SSSR count). The number of aromatic hydroxyl groups is 1. The standard InChI is InChI=1S/C14H19BrO2S/c1-3-5-12-13(18-9-4-8-15)7-6-11(10(2)16)14(12)17/h6-7,17H,3-5,8-9H2,1-2H3. The highest BCUT2D eigenvalue weighted by molar-refractivity contribution is 9.09. The van der Waals surface area contributed by atoms with Gasteiger partial charge < -0.3 is 5.11 Å². The Kier molecular flexibility index (Phi) is 6.79. The highest BCUT2D eigenvalue weighted by Crippen LogP contribution is 2.34. The highest BCUT2D eigenvalue weighted by atomic mass is 79.9. The summed E-state index contributed by atoms with van der Waals surface area (Å²) in [6.07, 6.45) is 2.86. The maximum absolute atomic E-state index is 11.4. The first kappa shape index (κ1) is 15.6. The minimum atomic E-state index is -0.0816. The average Bonchev–Trinajstić information content (AvgIpc) is 2.33. The Bertz CT molecular complexity index is 419. The molecule has 18 heavy (non-hydrogen) atoms. The molecule has 1 aromatic rings. The number of carbonyl (C=O) groups is 1. The van der Waals surface area contributed by atoms with Gasteiger partial charge in [0.15, 0.2) is 5.78 Å². The zero-order chi connectivity index (χ0) is 13.5. The number of phenols is 1. The van der Waals surface area contributed by atoms with E-state index in [2.05, 4.69) is 22.9 Å². The van der Waals surface area contributed by atoms with Gasteiger partial charge in [-0.05, 0) is 37.7 Å². The number of Topliss-reactive ketones (excluding diaryl/α,β-unsaturated/α-hetero) is 1. The molecule has 0 aliphatic heterocycles. The summed E-state index contributed by atoms with van der Waals surface area (Å²) in [6.45, 7) is 3.56. The fourth-order valence-electron chi connectivity index (χ4n) is 1.77. The second-order valence-corrected chi connectivity index (χ2v) is 6.07. The summed E-state index contributed by atoms with van der Waals surface area (Å²) in [5.74, 6) is 1.11. The predicted molar refractivity (Wildman–Crippen MR) is 81.2 cm³/mol. The third-order valence-corrected chi connectivity index (χ3v) is 4.40. The van der Waals surface area contributed by atoms with Crippen molar-refractivity contribution in [1.82, 2.24) is 0 Å². The Morgan fingerprint density at radius 3 is 2.72 bits per heavy atom. The SMILES string of the molecule is CCCc1c(SCCCBr)ccc(C(C)=O)c1O. The van der Waals surface area contributed by atoms with E-state index in [4.69, 9.17) is 0 Å². The van der Waals surface area contributed by atoms with Gasteiger partial charge in [-0.25, -0.2) is 0 Å². The number of alkyl halides is 1. The van der Waals surface area contributed by atoms with Crippen molar-refractivity contribution in [3.63, 3.8) is 0 Å². The number of carbonyl (C=O) groups excluding carboxylic acids is 1. The molecule has 0 saturated heterocycles. The van der Waals surface area contributed by atoms with Gasteiger partial charge in [-0.1, -0.05) is 29.3 Å². The summed E-state index contributed by atoms with van der Waals surface area (Å²) < 4.78 is 0. The second-order valence-electron chi connectivity index (χ2n) is 4.14. The molecule has 0 aromatic heterocycles. The maximum Gasteiger partial charge on any atom is 0.163 e. The van der Waals surface area contributed by atoms with Gasteiger partial charge in [-0.3, -0.25) is 4.79 Å². The van der Waals surface area contributed by atoms with Crippen LogP contribution in [0.5, 0.6) is 5.75 Å². The van der Waals surface area contributed by atoms with E-state index >= 15 is 0 Å². The van der Waals surface area contributed by atoms with Gasteiger partial charge in [0.1, 0.15) is 5.75 Å². The predicted octanol–water partition coefficient (Wildman–Crippen LogP) is 4.42. The van der Waals surface area contributed by atoms with Gasteiger partial charge in [0.25, 0.3) is 0 Å². The minimum Gasteiger partial charge on any atom is -0.507 e. The monoisotopic (exact) mass is 330 g/mol. The molecule has 4 heteroatoms. The molecule has 1 N–H and O–H groups in total. The largest absolute Gasteiger partial charge is 0.507 e. The number of thioether (sulfide) groups is 1. The van der Waals surface area contributed by atoms with Crippen molar-refractivity contribution in [1.29, 1.82) is 0 Å². The normalized spacial score (nSPS) is 10.6. The van der Waals surface area contributed by atoms with Crippen molar-refractivity contribution < 1.29 is 9.90 Å². The first-order valence-corrected chi connectivity index (χ1v) is 8.27. The van der Waals surface area contributed by atoms with Crippen LogP contribution in [-0.4, -0.2) is 22.0 Å². The maximum atomic E-state index is 11.4. The molecule has 2 nitrogen and oxygen atoms in total. The summed E-state index contributed by atoms with van der Waals surface area (Å²) >= 11 is 5.15.